The molecule has 0 saturated carbocycles. The van der Waals surface area contributed by atoms with E-state index in [9.17, 15) is 0 Å². The van der Waals surface area contributed by atoms with E-state index in [0.717, 1.165) is 44.8 Å². The van der Waals surface area contributed by atoms with Gasteiger partial charge in [-0.15, -0.1) is 0 Å². The zero-order valence-corrected chi connectivity index (χ0v) is 28.7. The predicted octanol–water partition coefficient (Wildman–Crippen LogP) is 12.8. The van der Waals surface area contributed by atoms with E-state index >= 15 is 0 Å². The first-order valence-electron chi connectivity index (χ1n) is 17.6. The average molecular weight is 653 g/mol. The molecule has 0 fully saturated rings. The van der Waals surface area contributed by atoms with Gasteiger partial charge in [0.05, 0.1) is 11.4 Å². The molecule has 51 heavy (non-hydrogen) atoms. The van der Waals surface area contributed by atoms with Crippen LogP contribution in [-0.2, 0) is 5.41 Å². The van der Waals surface area contributed by atoms with Crippen LogP contribution in [0, 0.1) is 0 Å². The van der Waals surface area contributed by atoms with Crippen LogP contribution in [0.25, 0.3) is 78.1 Å². The number of aromatic nitrogens is 2. The Bertz CT molecular complexity index is 2400. The van der Waals surface area contributed by atoms with Crippen molar-refractivity contribution in [3.63, 3.8) is 0 Å². The molecule has 0 radical (unpaired) electrons. The molecule has 2 heterocycles. The Balaban J connectivity index is 1.20. The number of pyridine rings is 2. The molecule has 0 spiro atoms. The molecule has 0 aliphatic heterocycles. The van der Waals surface area contributed by atoms with Gasteiger partial charge in [0, 0.05) is 40.1 Å². The van der Waals surface area contributed by atoms with Gasteiger partial charge in [0.25, 0.3) is 0 Å². The highest BCUT2D eigenvalue weighted by molar-refractivity contribution is 5.94. The summed E-state index contributed by atoms with van der Waals surface area (Å²) in [5.74, 6) is 0. The number of benzene rings is 6. The fraction of sp³-hybridized carbons (Fsp3) is 0.0612. The fourth-order valence-electron chi connectivity index (χ4n) is 7.93. The summed E-state index contributed by atoms with van der Waals surface area (Å²) < 4.78 is 0. The number of hydrogen-bond acceptors (Lipinski definition) is 2. The molecule has 2 aromatic heterocycles. The third-order valence-electron chi connectivity index (χ3n) is 10.3. The summed E-state index contributed by atoms with van der Waals surface area (Å²) in [6, 6.07) is 60.6. The van der Waals surface area contributed by atoms with Gasteiger partial charge in [-0.3, -0.25) is 9.97 Å². The predicted molar refractivity (Wildman–Crippen MR) is 212 cm³/mol. The summed E-state index contributed by atoms with van der Waals surface area (Å²) in [7, 11) is 0. The van der Waals surface area contributed by atoms with Crippen molar-refractivity contribution >= 4 is 0 Å². The maximum Gasteiger partial charge on any atom is 0.0702 e. The van der Waals surface area contributed by atoms with E-state index in [1.807, 2.05) is 24.5 Å². The lowest BCUT2D eigenvalue weighted by atomic mass is 9.76. The molecule has 1 aliphatic carbocycles. The van der Waals surface area contributed by atoms with Crippen LogP contribution in [0.3, 0.4) is 0 Å². The molecule has 6 aromatic carbocycles. The van der Waals surface area contributed by atoms with Gasteiger partial charge < -0.3 is 0 Å². The molecule has 0 N–H and O–H groups in total. The minimum atomic E-state index is -0.221. The average Bonchev–Trinajstić information content (AvgIpc) is 3.45. The topological polar surface area (TPSA) is 25.8 Å². The molecular formula is C49H36N2. The van der Waals surface area contributed by atoms with E-state index in [-0.39, 0.29) is 5.41 Å². The Morgan fingerprint density at radius 1 is 0.314 bits per heavy atom. The van der Waals surface area contributed by atoms with Gasteiger partial charge in [-0.2, -0.15) is 0 Å². The third-order valence-corrected chi connectivity index (χ3v) is 10.3. The van der Waals surface area contributed by atoms with E-state index in [2.05, 4.69) is 172 Å². The zero-order valence-electron chi connectivity index (χ0n) is 28.7. The lowest BCUT2D eigenvalue weighted by molar-refractivity contribution is 0.664. The van der Waals surface area contributed by atoms with Crippen molar-refractivity contribution in [1.82, 2.24) is 9.97 Å². The highest BCUT2D eigenvalue weighted by Crippen LogP contribution is 2.55. The van der Waals surface area contributed by atoms with Crippen molar-refractivity contribution in [2.24, 2.45) is 0 Å². The zero-order chi connectivity index (χ0) is 34.4. The van der Waals surface area contributed by atoms with Gasteiger partial charge in [0.15, 0.2) is 0 Å². The first-order valence-corrected chi connectivity index (χ1v) is 17.6. The van der Waals surface area contributed by atoms with Crippen molar-refractivity contribution in [3.8, 4) is 78.1 Å². The normalized spacial score (nSPS) is 12.7. The standard InChI is InChI=1S/C49H36N2/c1-49(2)47-41(33-14-6-3-7-15-33)20-12-22-43(47)44-23-13-21-42(48(44)49)40-29-38(36-24-26-45(50-31-36)34-16-8-4-9-17-34)28-39(30-40)37-25-27-46(51-32-37)35-18-10-5-11-19-35/h3-32H,1-2H3. The summed E-state index contributed by atoms with van der Waals surface area (Å²) in [4.78, 5) is 9.82. The molecule has 0 atom stereocenters. The highest BCUT2D eigenvalue weighted by atomic mass is 14.7. The van der Waals surface area contributed by atoms with Crippen LogP contribution in [0.15, 0.2) is 182 Å². The summed E-state index contributed by atoms with van der Waals surface area (Å²) in [6.07, 6.45) is 4.01. The molecule has 0 unspecified atom stereocenters. The van der Waals surface area contributed by atoms with Gasteiger partial charge in [0.2, 0.25) is 0 Å². The molecule has 0 saturated heterocycles. The molecular weight excluding hydrogens is 617 g/mol. The van der Waals surface area contributed by atoms with E-state index in [1.54, 1.807) is 0 Å². The molecule has 242 valence electrons. The van der Waals surface area contributed by atoms with Crippen molar-refractivity contribution in [2.45, 2.75) is 19.3 Å². The maximum absolute atomic E-state index is 4.91. The van der Waals surface area contributed by atoms with E-state index in [0.29, 0.717) is 0 Å². The molecule has 9 rings (SSSR count). The summed E-state index contributed by atoms with van der Waals surface area (Å²) in [6.45, 7) is 4.77. The maximum atomic E-state index is 4.91. The Labute approximate surface area is 299 Å². The first kappa shape index (κ1) is 30.7. The smallest absolute Gasteiger partial charge is 0.0702 e. The molecule has 8 aromatic rings. The summed E-state index contributed by atoms with van der Waals surface area (Å²) in [5.41, 5.74) is 18.7. The van der Waals surface area contributed by atoms with Crippen LogP contribution in [0.4, 0.5) is 0 Å². The highest BCUT2D eigenvalue weighted by Gasteiger charge is 2.39. The van der Waals surface area contributed by atoms with E-state index in [1.165, 1.54) is 44.5 Å². The lowest BCUT2D eigenvalue weighted by Gasteiger charge is -2.27. The van der Waals surface area contributed by atoms with Crippen molar-refractivity contribution in [1.29, 1.82) is 0 Å². The number of fused-ring (bicyclic) bond motifs is 3. The van der Waals surface area contributed by atoms with Crippen molar-refractivity contribution in [3.05, 3.63) is 193 Å². The SMILES string of the molecule is CC1(C)c2c(-c3ccccc3)cccc2-c2cccc(-c3cc(-c4ccc(-c5ccccc5)nc4)cc(-c4ccc(-c5ccccc5)nc4)c3)c21. The van der Waals surface area contributed by atoms with E-state index in [4.69, 9.17) is 9.97 Å². The van der Waals surface area contributed by atoms with Crippen LogP contribution in [0.5, 0.6) is 0 Å². The van der Waals surface area contributed by atoms with E-state index < -0.39 is 0 Å². The van der Waals surface area contributed by atoms with Crippen molar-refractivity contribution < 1.29 is 0 Å². The lowest BCUT2D eigenvalue weighted by Crippen LogP contribution is -2.17. The number of rotatable bonds is 6. The van der Waals surface area contributed by atoms with Crippen molar-refractivity contribution in [2.75, 3.05) is 0 Å². The second-order valence-corrected chi connectivity index (χ2v) is 13.8. The monoisotopic (exact) mass is 652 g/mol. The molecule has 0 bridgehead atoms. The van der Waals surface area contributed by atoms with Crippen LogP contribution < -0.4 is 0 Å². The van der Waals surface area contributed by atoms with Crippen LogP contribution in [0.1, 0.15) is 25.0 Å². The quantitative estimate of drug-likeness (QED) is 0.179. The number of hydrogen-bond donors (Lipinski definition) is 0. The minimum Gasteiger partial charge on any atom is -0.256 e. The Morgan fingerprint density at radius 3 is 1.14 bits per heavy atom. The second kappa shape index (κ2) is 12.5. The minimum absolute atomic E-state index is 0.221. The summed E-state index contributed by atoms with van der Waals surface area (Å²) in [5, 5.41) is 0. The molecule has 0 amide bonds. The Kier molecular flexibility index (Phi) is 7.51. The largest absolute Gasteiger partial charge is 0.256 e. The van der Waals surface area contributed by atoms with Gasteiger partial charge in [-0.1, -0.05) is 153 Å². The van der Waals surface area contributed by atoms with Gasteiger partial charge in [0.1, 0.15) is 0 Å². The molecule has 2 heteroatoms. The first-order chi connectivity index (χ1) is 25.0. The number of nitrogens with zero attached hydrogens (tertiary/aromatic N) is 2. The van der Waals surface area contributed by atoms with Gasteiger partial charge >= 0.3 is 0 Å². The molecule has 2 nitrogen and oxygen atoms in total. The molecule has 1 aliphatic rings. The third kappa shape index (κ3) is 5.46. The fourth-order valence-corrected chi connectivity index (χ4v) is 7.93. The van der Waals surface area contributed by atoms with Crippen LogP contribution in [0.2, 0.25) is 0 Å². The van der Waals surface area contributed by atoms with Crippen LogP contribution >= 0.6 is 0 Å². The van der Waals surface area contributed by atoms with Crippen LogP contribution in [-0.4, -0.2) is 9.97 Å². The van der Waals surface area contributed by atoms with Gasteiger partial charge in [-0.05, 0) is 86.0 Å². The van der Waals surface area contributed by atoms with Gasteiger partial charge in [-0.25, -0.2) is 0 Å². The second-order valence-electron chi connectivity index (χ2n) is 13.8. The Morgan fingerprint density at radius 2 is 0.706 bits per heavy atom. The Hall–Kier alpha value is -6.38. The summed E-state index contributed by atoms with van der Waals surface area (Å²) >= 11 is 0.